The second-order valence-corrected chi connectivity index (χ2v) is 5.49. The van der Waals surface area contributed by atoms with E-state index in [4.69, 9.17) is 18.9 Å². The third-order valence-electron chi connectivity index (χ3n) is 3.55. The first kappa shape index (κ1) is 13.9. The quantitative estimate of drug-likeness (QED) is 0.772. The summed E-state index contributed by atoms with van der Waals surface area (Å²) in [6.45, 7) is 3.66. The lowest BCUT2D eigenvalue weighted by molar-refractivity contribution is -0.129. The van der Waals surface area contributed by atoms with Gasteiger partial charge >= 0.3 is 5.97 Å². The van der Waals surface area contributed by atoms with E-state index in [-0.39, 0.29) is 24.6 Å². The predicted octanol–water partition coefficient (Wildman–Crippen LogP) is 1.66. The molecular formula is C15H16O6. The van der Waals surface area contributed by atoms with Gasteiger partial charge in [0.1, 0.15) is 23.7 Å². The van der Waals surface area contributed by atoms with E-state index in [1.54, 1.807) is 26.0 Å². The Hall–Kier alpha value is -2.08. The van der Waals surface area contributed by atoms with Crippen molar-refractivity contribution in [2.45, 2.75) is 25.6 Å². The van der Waals surface area contributed by atoms with E-state index >= 15 is 0 Å². The third kappa shape index (κ3) is 2.25. The van der Waals surface area contributed by atoms with Crippen LogP contribution in [0.4, 0.5) is 0 Å². The van der Waals surface area contributed by atoms with Crippen LogP contribution in [0.2, 0.25) is 0 Å². The molecule has 1 unspecified atom stereocenters. The van der Waals surface area contributed by atoms with Crippen molar-refractivity contribution in [3.63, 3.8) is 0 Å². The van der Waals surface area contributed by atoms with E-state index in [2.05, 4.69) is 0 Å². The van der Waals surface area contributed by atoms with Gasteiger partial charge < -0.3 is 18.9 Å². The molecule has 1 aromatic rings. The van der Waals surface area contributed by atoms with Gasteiger partial charge in [0.05, 0.1) is 19.6 Å². The van der Waals surface area contributed by atoms with Gasteiger partial charge in [-0.1, -0.05) is 6.07 Å². The van der Waals surface area contributed by atoms with Crippen molar-refractivity contribution >= 4 is 11.8 Å². The maximum atomic E-state index is 12.2. The Bertz CT molecular complexity index is 619. The summed E-state index contributed by atoms with van der Waals surface area (Å²) in [4.78, 5) is 24.2. The minimum atomic E-state index is -1.09. The Balaban J connectivity index is 2.17. The van der Waals surface area contributed by atoms with Gasteiger partial charge in [0, 0.05) is 19.4 Å². The number of methoxy groups -OCH3 is 1. The smallest absolute Gasteiger partial charge is 0.349 e. The predicted molar refractivity (Wildman–Crippen MR) is 71.7 cm³/mol. The molecule has 1 atom stereocenters. The number of ether oxygens (including phenoxy) is 4. The minimum Gasteiger partial charge on any atom is -0.496 e. The highest BCUT2D eigenvalue weighted by atomic mass is 16.7. The number of Topliss-reactive ketones (excluding diaryl/α,β-unsaturated/α-hetero) is 1. The summed E-state index contributed by atoms with van der Waals surface area (Å²) in [7, 11) is 1.46. The molecule has 0 amide bonds. The first-order valence-electron chi connectivity index (χ1n) is 6.66. The van der Waals surface area contributed by atoms with Crippen LogP contribution in [0.25, 0.3) is 0 Å². The highest BCUT2D eigenvalue weighted by molar-refractivity contribution is 5.99. The first-order valence-corrected chi connectivity index (χ1v) is 6.66. The Morgan fingerprint density at radius 2 is 2.00 bits per heavy atom. The summed E-state index contributed by atoms with van der Waals surface area (Å²) in [6, 6.07) is 3.38. The molecule has 0 bridgehead atoms. The van der Waals surface area contributed by atoms with Crippen molar-refractivity contribution in [3.05, 3.63) is 23.3 Å². The SMILES string of the molecule is COc1ccc(C2COCC2=O)c2c1C(=O)OC(C)(C)O2. The average Bonchev–Trinajstić information content (AvgIpc) is 2.82. The summed E-state index contributed by atoms with van der Waals surface area (Å²) in [5.74, 6) is -1.35. The monoisotopic (exact) mass is 292 g/mol. The summed E-state index contributed by atoms with van der Waals surface area (Å²) >= 11 is 0. The second kappa shape index (κ2) is 4.73. The van der Waals surface area contributed by atoms with Crippen LogP contribution in [-0.4, -0.2) is 37.9 Å². The molecule has 0 spiro atoms. The van der Waals surface area contributed by atoms with Gasteiger partial charge in [-0.25, -0.2) is 4.79 Å². The minimum absolute atomic E-state index is 0.0253. The van der Waals surface area contributed by atoms with E-state index in [9.17, 15) is 9.59 Å². The van der Waals surface area contributed by atoms with Crippen LogP contribution in [-0.2, 0) is 14.3 Å². The Morgan fingerprint density at radius 1 is 1.24 bits per heavy atom. The van der Waals surface area contributed by atoms with Gasteiger partial charge in [-0.2, -0.15) is 0 Å². The van der Waals surface area contributed by atoms with Gasteiger partial charge in [-0.15, -0.1) is 0 Å². The van der Waals surface area contributed by atoms with Crippen LogP contribution in [0.5, 0.6) is 11.5 Å². The lowest BCUT2D eigenvalue weighted by Crippen LogP contribution is -2.39. The van der Waals surface area contributed by atoms with Gasteiger partial charge in [-0.05, 0) is 6.07 Å². The average molecular weight is 292 g/mol. The Morgan fingerprint density at radius 3 is 2.62 bits per heavy atom. The van der Waals surface area contributed by atoms with Gasteiger partial charge in [-0.3, -0.25) is 4.79 Å². The first-order chi connectivity index (χ1) is 9.93. The van der Waals surface area contributed by atoms with Crippen LogP contribution < -0.4 is 9.47 Å². The van der Waals surface area contributed by atoms with E-state index in [1.165, 1.54) is 7.11 Å². The number of esters is 1. The van der Waals surface area contributed by atoms with E-state index < -0.39 is 17.7 Å². The highest BCUT2D eigenvalue weighted by Crippen LogP contribution is 2.43. The maximum Gasteiger partial charge on any atom is 0.349 e. The van der Waals surface area contributed by atoms with Crippen molar-refractivity contribution in [1.82, 2.24) is 0 Å². The molecule has 6 nitrogen and oxygen atoms in total. The Kier molecular flexibility index (Phi) is 3.13. The number of hydrogen-bond donors (Lipinski definition) is 0. The summed E-state index contributed by atoms with van der Waals surface area (Å²) < 4.78 is 21.4. The van der Waals surface area contributed by atoms with Gasteiger partial charge in [0.15, 0.2) is 5.78 Å². The zero-order valence-electron chi connectivity index (χ0n) is 12.1. The molecule has 0 saturated carbocycles. The zero-order chi connectivity index (χ0) is 15.2. The number of hydrogen-bond acceptors (Lipinski definition) is 6. The molecule has 2 heterocycles. The standard InChI is InChI=1S/C15H16O6/c1-15(2)20-13-8(9-6-19-7-10(9)16)4-5-11(18-3)12(13)14(17)21-15/h4-5,9H,6-7H2,1-3H3. The van der Waals surface area contributed by atoms with E-state index in [0.717, 1.165) is 0 Å². The normalized spacial score (nSPS) is 23.3. The fourth-order valence-corrected chi connectivity index (χ4v) is 2.60. The molecule has 21 heavy (non-hydrogen) atoms. The van der Waals surface area contributed by atoms with Crippen LogP contribution in [0.3, 0.4) is 0 Å². The fraction of sp³-hybridized carbons (Fsp3) is 0.467. The molecule has 1 saturated heterocycles. The molecule has 3 rings (SSSR count). The Labute approximate surface area is 121 Å². The lowest BCUT2D eigenvalue weighted by Gasteiger charge is -2.34. The van der Waals surface area contributed by atoms with Crippen LogP contribution >= 0.6 is 0 Å². The summed E-state index contributed by atoms with van der Waals surface area (Å²) in [5, 5.41) is 0. The molecule has 0 radical (unpaired) electrons. The van der Waals surface area contributed by atoms with Crippen molar-refractivity contribution in [2.75, 3.05) is 20.3 Å². The molecule has 2 aliphatic rings. The zero-order valence-corrected chi connectivity index (χ0v) is 12.1. The number of benzene rings is 1. The molecule has 1 aromatic carbocycles. The third-order valence-corrected chi connectivity index (χ3v) is 3.55. The lowest BCUT2D eigenvalue weighted by atomic mass is 9.93. The number of cyclic esters (lactones) is 1. The number of carbonyl (C=O) groups excluding carboxylic acids is 2. The van der Waals surface area contributed by atoms with Crippen molar-refractivity contribution < 1.29 is 28.5 Å². The molecule has 112 valence electrons. The van der Waals surface area contributed by atoms with Crippen LogP contribution in [0, 0.1) is 0 Å². The molecule has 0 aromatic heterocycles. The molecule has 2 aliphatic heterocycles. The molecule has 1 fully saturated rings. The van der Waals surface area contributed by atoms with Crippen molar-refractivity contribution in [1.29, 1.82) is 0 Å². The summed E-state index contributed by atoms with van der Waals surface area (Å²) in [5.41, 5.74) is 0.854. The van der Waals surface area contributed by atoms with Crippen LogP contribution in [0.15, 0.2) is 12.1 Å². The number of fused-ring (bicyclic) bond motifs is 1. The number of carbonyl (C=O) groups is 2. The summed E-state index contributed by atoms with van der Waals surface area (Å²) in [6.07, 6.45) is 0. The fourth-order valence-electron chi connectivity index (χ4n) is 2.60. The molecule has 0 aliphatic carbocycles. The van der Waals surface area contributed by atoms with Crippen LogP contribution in [0.1, 0.15) is 35.7 Å². The van der Waals surface area contributed by atoms with Gasteiger partial charge in [0.25, 0.3) is 0 Å². The highest BCUT2D eigenvalue weighted by Gasteiger charge is 2.40. The van der Waals surface area contributed by atoms with E-state index in [0.29, 0.717) is 17.1 Å². The van der Waals surface area contributed by atoms with E-state index in [1.807, 2.05) is 0 Å². The number of ketones is 1. The molecular weight excluding hydrogens is 276 g/mol. The number of rotatable bonds is 2. The van der Waals surface area contributed by atoms with Gasteiger partial charge in [0.2, 0.25) is 5.79 Å². The molecule has 6 heteroatoms. The largest absolute Gasteiger partial charge is 0.496 e. The molecule has 0 N–H and O–H groups in total. The maximum absolute atomic E-state index is 12.2. The van der Waals surface area contributed by atoms with Crippen molar-refractivity contribution in [2.24, 2.45) is 0 Å². The topological polar surface area (TPSA) is 71.1 Å². The van der Waals surface area contributed by atoms with Crippen molar-refractivity contribution in [3.8, 4) is 11.5 Å². The second-order valence-electron chi connectivity index (χ2n) is 5.49.